The highest BCUT2D eigenvalue weighted by Crippen LogP contribution is 2.46. The third kappa shape index (κ3) is 2.76. The Morgan fingerprint density at radius 2 is 1.84 bits per heavy atom. The van der Waals surface area contributed by atoms with Crippen molar-refractivity contribution in [3.8, 4) is 0 Å². The van der Waals surface area contributed by atoms with Crippen molar-refractivity contribution in [1.82, 2.24) is 4.98 Å². The van der Waals surface area contributed by atoms with E-state index in [9.17, 15) is 0 Å². The molecule has 1 aromatic rings. The summed E-state index contributed by atoms with van der Waals surface area (Å²) < 4.78 is 0. The summed E-state index contributed by atoms with van der Waals surface area (Å²) in [5.41, 5.74) is 7.51. The second-order valence-corrected chi connectivity index (χ2v) is 6.26. The van der Waals surface area contributed by atoms with E-state index in [1.807, 2.05) is 6.20 Å². The zero-order valence-corrected chi connectivity index (χ0v) is 11.8. The maximum absolute atomic E-state index is 5.57. The summed E-state index contributed by atoms with van der Waals surface area (Å²) in [5.74, 6) is 1.15. The molecule has 3 rings (SSSR count). The Labute approximate surface area is 116 Å². The number of nitrogens with zero attached hydrogens (tertiary/aromatic N) is 2. The summed E-state index contributed by atoms with van der Waals surface area (Å²) >= 11 is 0. The minimum Gasteiger partial charge on any atom is -0.357 e. The molecule has 2 N–H and O–H groups in total. The maximum Gasteiger partial charge on any atom is 0.128 e. The lowest BCUT2D eigenvalue weighted by Gasteiger charge is -2.40. The summed E-state index contributed by atoms with van der Waals surface area (Å²) in [6.07, 6.45) is 11.5. The highest BCUT2D eigenvalue weighted by atomic mass is 15.2. The minimum atomic E-state index is 0.690. The molecular formula is C16H25N3. The summed E-state index contributed by atoms with van der Waals surface area (Å²) in [6.45, 7) is 3.07. The number of piperidine rings is 1. The Kier molecular flexibility index (Phi) is 3.74. The Morgan fingerprint density at radius 1 is 1.11 bits per heavy atom. The molecule has 0 bridgehead atoms. The van der Waals surface area contributed by atoms with Gasteiger partial charge in [0.05, 0.1) is 0 Å². The zero-order chi connectivity index (χ0) is 13.1. The Bertz CT molecular complexity index is 397. The monoisotopic (exact) mass is 259 g/mol. The highest BCUT2D eigenvalue weighted by molar-refractivity contribution is 5.40. The molecule has 0 unspecified atom stereocenters. The average Bonchev–Trinajstić information content (AvgIpc) is 2.90. The first kappa shape index (κ1) is 12.9. The molecule has 1 saturated carbocycles. The van der Waals surface area contributed by atoms with Gasteiger partial charge >= 0.3 is 0 Å². The van der Waals surface area contributed by atoms with Crippen LogP contribution < -0.4 is 10.6 Å². The molecule has 2 fully saturated rings. The molecule has 3 nitrogen and oxygen atoms in total. The fraction of sp³-hybridized carbons (Fsp3) is 0.688. The van der Waals surface area contributed by atoms with Gasteiger partial charge in [-0.3, -0.25) is 0 Å². The van der Waals surface area contributed by atoms with Crippen LogP contribution >= 0.6 is 0 Å². The third-order valence-corrected chi connectivity index (χ3v) is 5.05. The molecule has 1 aromatic heterocycles. The second kappa shape index (κ2) is 5.49. The molecule has 104 valence electrons. The van der Waals surface area contributed by atoms with Crippen molar-refractivity contribution < 1.29 is 0 Å². The van der Waals surface area contributed by atoms with Crippen molar-refractivity contribution >= 4 is 5.82 Å². The van der Waals surface area contributed by atoms with Gasteiger partial charge in [-0.05, 0) is 55.7 Å². The molecule has 2 heterocycles. The van der Waals surface area contributed by atoms with Gasteiger partial charge in [0.1, 0.15) is 5.82 Å². The van der Waals surface area contributed by atoms with Crippen LogP contribution in [-0.4, -0.2) is 24.6 Å². The van der Waals surface area contributed by atoms with Crippen LogP contribution in [0.1, 0.15) is 44.1 Å². The number of rotatable bonds is 3. The SMILES string of the molecule is NCCc1ccc(N2CCC3(CCCC3)CC2)nc1. The van der Waals surface area contributed by atoms with E-state index in [-0.39, 0.29) is 0 Å². The van der Waals surface area contributed by atoms with Gasteiger partial charge in [0.2, 0.25) is 0 Å². The Balaban J connectivity index is 1.61. The lowest BCUT2D eigenvalue weighted by atomic mass is 9.77. The van der Waals surface area contributed by atoms with E-state index in [4.69, 9.17) is 5.73 Å². The standard InChI is InChI=1S/C16H25N3/c17-10-5-14-3-4-15(18-13-14)19-11-8-16(9-12-19)6-1-2-7-16/h3-4,13H,1-2,5-12,17H2. The fourth-order valence-corrected chi connectivity index (χ4v) is 3.75. The molecule has 2 aliphatic rings. The van der Waals surface area contributed by atoms with Crippen LogP contribution in [0, 0.1) is 5.41 Å². The predicted octanol–water partition coefficient (Wildman–Crippen LogP) is 2.74. The molecular weight excluding hydrogens is 234 g/mol. The first-order chi connectivity index (χ1) is 9.31. The van der Waals surface area contributed by atoms with E-state index < -0.39 is 0 Å². The van der Waals surface area contributed by atoms with Crippen LogP contribution in [0.4, 0.5) is 5.82 Å². The number of aromatic nitrogens is 1. The van der Waals surface area contributed by atoms with Gasteiger partial charge in [-0.2, -0.15) is 0 Å². The first-order valence-electron chi connectivity index (χ1n) is 7.71. The second-order valence-electron chi connectivity index (χ2n) is 6.26. The van der Waals surface area contributed by atoms with E-state index in [0.717, 1.165) is 12.2 Å². The highest BCUT2D eigenvalue weighted by Gasteiger charge is 2.37. The summed E-state index contributed by atoms with van der Waals surface area (Å²) in [5, 5.41) is 0. The number of hydrogen-bond acceptors (Lipinski definition) is 3. The normalized spacial score (nSPS) is 22.1. The summed E-state index contributed by atoms with van der Waals surface area (Å²) in [6, 6.07) is 4.34. The van der Waals surface area contributed by atoms with Crippen molar-refractivity contribution in [2.24, 2.45) is 11.1 Å². The lowest BCUT2D eigenvalue weighted by molar-refractivity contribution is 0.226. The van der Waals surface area contributed by atoms with Crippen LogP contribution in [-0.2, 0) is 6.42 Å². The van der Waals surface area contributed by atoms with E-state index >= 15 is 0 Å². The van der Waals surface area contributed by atoms with Crippen molar-refractivity contribution in [3.63, 3.8) is 0 Å². The maximum atomic E-state index is 5.57. The average molecular weight is 259 g/mol. The van der Waals surface area contributed by atoms with Crippen LogP contribution in [0.25, 0.3) is 0 Å². The third-order valence-electron chi connectivity index (χ3n) is 5.05. The van der Waals surface area contributed by atoms with Crippen molar-refractivity contribution in [2.75, 3.05) is 24.5 Å². The van der Waals surface area contributed by atoms with Crippen LogP contribution in [0.2, 0.25) is 0 Å². The van der Waals surface area contributed by atoms with Gasteiger partial charge in [-0.15, -0.1) is 0 Å². The summed E-state index contributed by atoms with van der Waals surface area (Å²) in [4.78, 5) is 7.06. The van der Waals surface area contributed by atoms with Crippen molar-refractivity contribution in [2.45, 2.75) is 44.9 Å². The zero-order valence-electron chi connectivity index (χ0n) is 11.8. The minimum absolute atomic E-state index is 0.690. The van der Waals surface area contributed by atoms with Gasteiger partial charge in [-0.1, -0.05) is 18.9 Å². The molecule has 1 aliphatic heterocycles. The van der Waals surface area contributed by atoms with Crippen LogP contribution in [0.15, 0.2) is 18.3 Å². The van der Waals surface area contributed by atoms with Crippen LogP contribution in [0.3, 0.4) is 0 Å². The molecule has 0 atom stereocenters. The number of nitrogens with two attached hydrogens (primary N) is 1. The summed E-state index contributed by atoms with van der Waals surface area (Å²) in [7, 11) is 0. The van der Waals surface area contributed by atoms with Crippen LogP contribution in [0.5, 0.6) is 0 Å². The molecule has 3 heteroatoms. The van der Waals surface area contributed by atoms with E-state index in [1.54, 1.807) is 0 Å². The van der Waals surface area contributed by atoms with Gasteiger partial charge in [-0.25, -0.2) is 4.98 Å². The molecule has 1 saturated heterocycles. The van der Waals surface area contributed by atoms with Crippen molar-refractivity contribution in [1.29, 1.82) is 0 Å². The Morgan fingerprint density at radius 3 is 2.42 bits per heavy atom. The number of anilines is 1. The largest absolute Gasteiger partial charge is 0.357 e. The molecule has 1 aliphatic carbocycles. The fourth-order valence-electron chi connectivity index (χ4n) is 3.75. The van der Waals surface area contributed by atoms with E-state index in [2.05, 4.69) is 22.0 Å². The number of hydrogen-bond donors (Lipinski definition) is 1. The topological polar surface area (TPSA) is 42.1 Å². The first-order valence-corrected chi connectivity index (χ1v) is 7.71. The van der Waals surface area contributed by atoms with Gasteiger partial charge < -0.3 is 10.6 Å². The Hall–Kier alpha value is -1.09. The lowest BCUT2D eigenvalue weighted by Crippen LogP contribution is -2.39. The smallest absolute Gasteiger partial charge is 0.128 e. The van der Waals surface area contributed by atoms with Crippen molar-refractivity contribution in [3.05, 3.63) is 23.9 Å². The molecule has 0 radical (unpaired) electrons. The predicted molar refractivity (Wildman–Crippen MR) is 79.3 cm³/mol. The van der Waals surface area contributed by atoms with E-state index in [1.165, 1.54) is 57.2 Å². The molecule has 1 spiro atoms. The quantitative estimate of drug-likeness (QED) is 0.907. The molecule has 0 amide bonds. The number of pyridine rings is 1. The van der Waals surface area contributed by atoms with Gasteiger partial charge in [0.15, 0.2) is 0 Å². The van der Waals surface area contributed by atoms with Gasteiger partial charge in [0.25, 0.3) is 0 Å². The molecule has 0 aromatic carbocycles. The molecule has 19 heavy (non-hydrogen) atoms. The van der Waals surface area contributed by atoms with Gasteiger partial charge in [0, 0.05) is 19.3 Å². The van der Waals surface area contributed by atoms with E-state index in [0.29, 0.717) is 12.0 Å².